The van der Waals surface area contributed by atoms with E-state index in [1.807, 2.05) is 0 Å². The molecule has 28 heavy (non-hydrogen) atoms. The number of rotatable bonds is 0. The zero-order valence-electron chi connectivity index (χ0n) is 14.4. The largest absolute Gasteiger partial charge is 0.387 e. The van der Waals surface area contributed by atoms with Crippen LogP contribution in [0.2, 0.25) is 0 Å². The summed E-state index contributed by atoms with van der Waals surface area (Å²) in [4.78, 5) is 52.6. The fourth-order valence-corrected chi connectivity index (χ4v) is 9.60. The maximum Gasteiger partial charge on any atom is 0.261 e. The minimum absolute atomic E-state index is 0.129. The molecule has 0 aromatic heterocycles. The highest BCUT2D eigenvalue weighted by Crippen LogP contribution is 2.69. The third-order valence-electron chi connectivity index (χ3n) is 6.96. The first kappa shape index (κ1) is 17.3. The van der Waals surface area contributed by atoms with Crippen LogP contribution in [0.4, 0.5) is 0 Å². The van der Waals surface area contributed by atoms with E-state index in [1.54, 1.807) is 0 Å². The van der Waals surface area contributed by atoms with Crippen molar-refractivity contribution in [1.29, 1.82) is 0 Å². The summed E-state index contributed by atoms with van der Waals surface area (Å²) in [5, 5.41) is 21.0. The predicted molar refractivity (Wildman–Crippen MR) is 98.4 cm³/mol. The molecule has 7 aliphatic rings. The van der Waals surface area contributed by atoms with Gasteiger partial charge >= 0.3 is 0 Å². The molecule has 2 amide bonds. The van der Waals surface area contributed by atoms with Crippen LogP contribution < -0.4 is 0 Å². The SMILES string of the molecule is O=C1C=C[C@H](O)[C@@H]2[C@@H]1C[C@@]13SS[C@]4(C[C@H]5C(=O)C=C[C@H](O)[C@H]5N4C1=O)C(=O)N23. The summed E-state index contributed by atoms with van der Waals surface area (Å²) in [5.74, 6) is -2.35. The normalized spacial score (nSPS) is 50.8. The Bertz CT molecular complexity index is 861. The number of nitrogens with zero attached hydrogens (tertiary/aromatic N) is 2. The minimum atomic E-state index is -1.29. The summed E-state index contributed by atoms with van der Waals surface area (Å²) >= 11 is 0. The Morgan fingerprint density at radius 2 is 1.18 bits per heavy atom. The number of allylic oxidation sites excluding steroid dienone is 2. The van der Waals surface area contributed by atoms with Gasteiger partial charge in [-0.05, 0) is 12.2 Å². The van der Waals surface area contributed by atoms with Gasteiger partial charge in [0.25, 0.3) is 11.8 Å². The van der Waals surface area contributed by atoms with E-state index in [0.29, 0.717) is 0 Å². The lowest BCUT2D eigenvalue weighted by Gasteiger charge is -2.58. The predicted octanol–water partition coefficient (Wildman–Crippen LogP) is -0.779. The molecule has 0 radical (unpaired) electrons. The van der Waals surface area contributed by atoms with Gasteiger partial charge in [0, 0.05) is 24.7 Å². The number of carbonyl (C=O) groups is 4. The molecule has 2 spiro atoms. The summed E-state index contributed by atoms with van der Waals surface area (Å²) in [6.07, 6.45) is 3.61. The maximum atomic E-state index is 13.7. The molecule has 8 atom stereocenters. The van der Waals surface area contributed by atoms with Gasteiger partial charge in [-0.15, -0.1) is 0 Å². The van der Waals surface area contributed by atoms with Crippen molar-refractivity contribution in [2.75, 3.05) is 0 Å². The van der Waals surface area contributed by atoms with Crippen LogP contribution in [-0.2, 0) is 19.2 Å². The van der Waals surface area contributed by atoms with Gasteiger partial charge in [-0.2, -0.15) is 0 Å². The highest BCUT2D eigenvalue weighted by Gasteiger charge is 2.79. The van der Waals surface area contributed by atoms with Crippen molar-refractivity contribution in [1.82, 2.24) is 9.80 Å². The monoisotopic (exact) mass is 420 g/mol. The summed E-state index contributed by atoms with van der Waals surface area (Å²) < 4.78 is 0. The number of hydrogen-bond donors (Lipinski definition) is 2. The molecule has 5 saturated heterocycles. The molecular formula is C18H16N2O6S2. The lowest BCUT2D eigenvalue weighted by atomic mass is 9.85. The van der Waals surface area contributed by atoms with E-state index in [9.17, 15) is 29.4 Å². The van der Waals surface area contributed by atoms with Gasteiger partial charge in [0.2, 0.25) is 0 Å². The topological polar surface area (TPSA) is 115 Å². The standard InChI is InChI=1S/C18H16N2O6S2/c21-9-1-3-11(23)13-7(9)5-17-15(25)20-14-8(10(22)2-4-12(14)24)6-18(20,28-27-17)16(26)19(13)17/h1-4,7-8,11-14,23-24H,5-6H2/t7-,8+,11-,12-,13-,14-,17+,18+/m0/s1. The van der Waals surface area contributed by atoms with Crippen molar-refractivity contribution >= 4 is 45.0 Å². The molecule has 5 heterocycles. The zero-order valence-corrected chi connectivity index (χ0v) is 16.1. The second kappa shape index (κ2) is 5.10. The van der Waals surface area contributed by atoms with Gasteiger partial charge < -0.3 is 20.0 Å². The Morgan fingerprint density at radius 1 is 0.786 bits per heavy atom. The Hall–Kier alpha value is -1.62. The lowest BCUT2D eigenvalue weighted by molar-refractivity contribution is -0.169. The molecule has 2 aliphatic carbocycles. The highest BCUT2D eigenvalue weighted by molar-refractivity contribution is 8.78. The van der Waals surface area contributed by atoms with Gasteiger partial charge in [-0.3, -0.25) is 19.2 Å². The average molecular weight is 420 g/mol. The summed E-state index contributed by atoms with van der Waals surface area (Å²) in [7, 11) is 2.51. The molecule has 0 aromatic carbocycles. The van der Waals surface area contributed by atoms with Crippen molar-refractivity contribution in [2.24, 2.45) is 11.8 Å². The lowest BCUT2D eigenvalue weighted by Crippen LogP contribution is -2.77. The number of fused-ring (bicyclic) bond motifs is 3. The molecule has 2 bridgehead atoms. The molecule has 0 saturated carbocycles. The molecule has 8 nitrogen and oxygen atoms in total. The molecule has 0 unspecified atom stereocenters. The van der Waals surface area contributed by atoms with Crippen LogP contribution in [0.1, 0.15) is 12.8 Å². The van der Waals surface area contributed by atoms with Crippen molar-refractivity contribution in [3.05, 3.63) is 24.3 Å². The number of aliphatic hydroxyl groups excluding tert-OH is 2. The van der Waals surface area contributed by atoms with E-state index in [4.69, 9.17) is 0 Å². The van der Waals surface area contributed by atoms with E-state index in [1.165, 1.54) is 55.7 Å². The summed E-state index contributed by atoms with van der Waals surface area (Å²) in [6, 6.07) is -1.55. The Morgan fingerprint density at radius 3 is 1.57 bits per heavy atom. The van der Waals surface area contributed by atoms with Crippen molar-refractivity contribution < 1.29 is 29.4 Å². The van der Waals surface area contributed by atoms with Crippen LogP contribution in [0.3, 0.4) is 0 Å². The number of aliphatic hydroxyl groups is 2. The molecular weight excluding hydrogens is 404 g/mol. The molecule has 0 aromatic rings. The first-order chi connectivity index (χ1) is 13.3. The summed E-state index contributed by atoms with van der Waals surface area (Å²) in [5.41, 5.74) is 0. The number of amides is 2. The third kappa shape index (κ3) is 1.67. The summed E-state index contributed by atoms with van der Waals surface area (Å²) in [6.45, 7) is 0. The van der Waals surface area contributed by atoms with Gasteiger partial charge in [0.05, 0.1) is 24.3 Å². The second-order valence-corrected chi connectivity index (χ2v) is 10.9. The first-order valence-electron chi connectivity index (χ1n) is 9.16. The van der Waals surface area contributed by atoms with E-state index in [0.717, 1.165) is 0 Å². The van der Waals surface area contributed by atoms with Crippen LogP contribution in [-0.4, -0.2) is 77.4 Å². The Labute approximate surface area is 167 Å². The smallest absolute Gasteiger partial charge is 0.261 e. The fraction of sp³-hybridized carbons (Fsp3) is 0.556. The molecule has 10 heteroatoms. The zero-order chi connectivity index (χ0) is 19.6. The second-order valence-electron chi connectivity index (χ2n) is 8.19. The van der Waals surface area contributed by atoms with E-state index < -0.39 is 45.9 Å². The fourth-order valence-electron chi connectivity index (χ4n) is 5.77. The third-order valence-corrected chi connectivity index (χ3v) is 10.6. The number of piperazine rings is 1. The Kier molecular flexibility index (Phi) is 3.14. The van der Waals surface area contributed by atoms with Gasteiger partial charge in [0.1, 0.15) is 0 Å². The van der Waals surface area contributed by atoms with Crippen molar-refractivity contribution in [2.45, 2.75) is 46.9 Å². The van der Waals surface area contributed by atoms with Gasteiger partial charge in [0.15, 0.2) is 21.3 Å². The highest BCUT2D eigenvalue weighted by atomic mass is 33.1. The average Bonchev–Trinajstić information content (AvgIpc) is 3.22. The molecule has 2 N–H and O–H groups in total. The Balaban J connectivity index is 1.52. The molecule has 5 aliphatic heterocycles. The van der Waals surface area contributed by atoms with Crippen LogP contribution in [0.15, 0.2) is 24.3 Å². The molecule has 5 fully saturated rings. The van der Waals surface area contributed by atoms with E-state index in [-0.39, 0.29) is 36.2 Å². The minimum Gasteiger partial charge on any atom is -0.387 e. The van der Waals surface area contributed by atoms with Gasteiger partial charge in [-0.1, -0.05) is 33.7 Å². The quantitative estimate of drug-likeness (QED) is 0.491. The molecule has 7 rings (SSSR count). The van der Waals surface area contributed by atoms with E-state index >= 15 is 0 Å². The van der Waals surface area contributed by atoms with Crippen molar-refractivity contribution in [3.8, 4) is 0 Å². The van der Waals surface area contributed by atoms with Crippen LogP contribution in [0, 0.1) is 11.8 Å². The molecule has 146 valence electrons. The number of ketones is 2. The van der Waals surface area contributed by atoms with Gasteiger partial charge in [-0.25, -0.2) is 0 Å². The van der Waals surface area contributed by atoms with E-state index in [2.05, 4.69) is 0 Å². The van der Waals surface area contributed by atoms with Crippen molar-refractivity contribution in [3.63, 3.8) is 0 Å². The van der Waals surface area contributed by atoms with Crippen LogP contribution in [0.25, 0.3) is 0 Å². The first-order valence-corrected chi connectivity index (χ1v) is 11.3. The number of hydrogen-bond acceptors (Lipinski definition) is 8. The maximum absolute atomic E-state index is 13.7. The van der Waals surface area contributed by atoms with Crippen LogP contribution >= 0.6 is 21.6 Å². The van der Waals surface area contributed by atoms with Crippen LogP contribution in [0.5, 0.6) is 0 Å². The number of carbonyl (C=O) groups excluding carboxylic acids is 4.